The predicted molar refractivity (Wildman–Crippen MR) is 51.5 cm³/mol. The summed E-state index contributed by atoms with van der Waals surface area (Å²) in [4.78, 5) is 0. The van der Waals surface area contributed by atoms with Crippen LogP contribution in [-0.2, 0) is 10.2 Å². The van der Waals surface area contributed by atoms with E-state index in [1.807, 2.05) is 0 Å². The van der Waals surface area contributed by atoms with E-state index in [0.29, 0.717) is 6.54 Å². The van der Waals surface area contributed by atoms with E-state index in [4.69, 9.17) is 5.11 Å². The van der Waals surface area contributed by atoms with Crippen LogP contribution in [0.2, 0.25) is 0 Å². The van der Waals surface area contributed by atoms with E-state index < -0.39 is 10.2 Å². The van der Waals surface area contributed by atoms with E-state index in [1.54, 1.807) is 20.8 Å². The summed E-state index contributed by atoms with van der Waals surface area (Å²) in [5, 5.41) is 8.63. The predicted octanol–water partition coefficient (Wildman–Crippen LogP) is -0.457. The van der Waals surface area contributed by atoms with Crippen LogP contribution in [0.3, 0.4) is 0 Å². The molecular formula is C7H18N2O3S. The van der Waals surface area contributed by atoms with Gasteiger partial charge in [-0.1, -0.05) is 6.92 Å². The maximum absolute atomic E-state index is 11.5. The lowest BCUT2D eigenvalue weighted by Crippen LogP contribution is -2.44. The van der Waals surface area contributed by atoms with Crippen molar-refractivity contribution in [3.63, 3.8) is 0 Å². The number of nitrogens with one attached hydrogen (secondary N) is 1. The van der Waals surface area contributed by atoms with Crippen LogP contribution in [0.1, 0.15) is 20.8 Å². The molecule has 0 saturated heterocycles. The Kier molecular flexibility index (Phi) is 5.46. The zero-order chi connectivity index (χ0) is 10.5. The highest BCUT2D eigenvalue weighted by atomic mass is 32.2. The van der Waals surface area contributed by atoms with Crippen LogP contribution < -0.4 is 4.72 Å². The Morgan fingerprint density at radius 3 is 2.31 bits per heavy atom. The molecule has 0 fully saturated rings. The summed E-state index contributed by atoms with van der Waals surface area (Å²) in [6, 6.07) is -0.127. The highest BCUT2D eigenvalue weighted by Gasteiger charge is 2.19. The lowest BCUT2D eigenvalue weighted by atomic mass is 10.4. The van der Waals surface area contributed by atoms with Crippen LogP contribution in [0.5, 0.6) is 0 Å². The van der Waals surface area contributed by atoms with Crippen LogP contribution >= 0.6 is 0 Å². The van der Waals surface area contributed by atoms with Gasteiger partial charge >= 0.3 is 0 Å². The molecule has 0 aliphatic heterocycles. The third-order valence-corrected chi connectivity index (χ3v) is 3.32. The first-order valence-corrected chi connectivity index (χ1v) is 5.76. The third kappa shape index (κ3) is 4.56. The van der Waals surface area contributed by atoms with E-state index in [0.717, 1.165) is 0 Å². The first kappa shape index (κ1) is 12.8. The Morgan fingerprint density at radius 1 is 1.46 bits per heavy atom. The molecule has 0 bridgehead atoms. The Labute approximate surface area is 79.9 Å². The van der Waals surface area contributed by atoms with Gasteiger partial charge in [-0.3, -0.25) is 0 Å². The molecule has 80 valence electrons. The van der Waals surface area contributed by atoms with Crippen molar-refractivity contribution in [3.8, 4) is 0 Å². The summed E-state index contributed by atoms with van der Waals surface area (Å²) in [7, 11) is -3.41. The van der Waals surface area contributed by atoms with E-state index in [1.165, 1.54) is 4.31 Å². The lowest BCUT2D eigenvalue weighted by Gasteiger charge is -2.21. The number of aliphatic hydroxyl groups is 1. The minimum atomic E-state index is -3.41. The third-order valence-electron chi connectivity index (χ3n) is 1.43. The molecule has 0 aromatic heterocycles. The summed E-state index contributed by atoms with van der Waals surface area (Å²) >= 11 is 0. The fourth-order valence-electron chi connectivity index (χ4n) is 0.932. The first-order valence-electron chi connectivity index (χ1n) is 4.32. The molecule has 0 heterocycles. The first-order chi connectivity index (χ1) is 5.94. The van der Waals surface area contributed by atoms with E-state index in [-0.39, 0.29) is 19.2 Å². The van der Waals surface area contributed by atoms with Gasteiger partial charge in [0.1, 0.15) is 0 Å². The molecule has 0 aliphatic rings. The summed E-state index contributed by atoms with van der Waals surface area (Å²) in [5.74, 6) is 0. The summed E-state index contributed by atoms with van der Waals surface area (Å²) in [6.45, 7) is 5.58. The highest BCUT2D eigenvalue weighted by Crippen LogP contribution is 1.97. The summed E-state index contributed by atoms with van der Waals surface area (Å²) in [5.41, 5.74) is 0. The van der Waals surface area contributed by atoms with Gasteiger partial charge in [0.05, 0.1) is 6.61 Å². The van der Waals surface area contributed by atoms with Crippen molar-refractivity contribution in [2.24, 2.45) is 0 Å². The maximum Gasteiger partial charge on any atom is 0.279 e. The zero-order valence-corrected chi connectivity index (χ0v) is 9.13. The molecule has 0 aromatic carbocycles. The maximum atomic E-state index is 11.5. The molecule has 0 aliphatic carbocycles. The van der Waals surface area contributed by atoms with Crippen LogP contribution in [0.4, 0.5) is 0 Å². The highest BCUT2D eigenvalue weighted by molar-refractivity contribution is 7.87. The molecule has 6 heteroatoms. The van der Waals surface area contributed by atoms with Gasteiger partial charge in [-0.05, 0) is 13.8 Å². The molecule has 0 radical (unpaired) electrons. The Balaban J connectivity index is 4.39. The van der Waals surface area contributed by atoms with Crippen molar-refractivity contribution in [1.82, 2.24) is 9.03 Å². The van der Waals surface area contributed by atoms with Crippen LogP contribution in [0, 0.1) is 0 Å². The quantitative estimate of drug-likeness (QED) is 0.623. The second-order valence-corrected chi connectivity index (χ2v) is 4.70. The number of likely N-dealkylation sites (N-methyl/N-ethyl adjacent to an activating group) is 1. The average molecular weight is 210 g/mol. The van der Waals surface area contributed by atoms with Gasteiger partial charge in [0.25, 0.3) is 10.2 Å². The second-order valence-electron chi connectivity index (χ2n) is 2.99. The molecule has 0 saturated carbocycles. The lowest BCUT2D eigenvalue weighted by molar-refractivity contribution is 0.255. The monoisotopic (exact) mass is 210 g/mol. The number of rotatable bonds is 6. The van der Waals surface area contributed by atoms with Crippen molar-refractivity contribution in [3.05, 3.63) is 0 Å². The Morgan fingerprint density at radius 2 is 2.00 bits per heavy atom. The van der Waals surface area contributed by atoms with Gasteiger partial charge in [0.2, 0.25) is 0 Å². The van der Waals surface area contributed by atoms with Gasteiger partial charge in [0.15, 0.2) is 0 Å². The number of nitrogens with zero attached hydrogens (tertiary/aromatic N) is 1. The van der Waals surface area contributed by atoms with Crippen molar-refractivity contribution in [1.29, 1.82) is 0 Å². The Hall–Kier alpha value is -0.170. The van der Waals surface area contributed by atoms with Crippen LogP contribution in [0.25, 0.3) is 0 Å². The molecule has 0 spiro atoms. The molecule has 2 N–H and O–H groups in total. The number of hydrogen-bond acceptors (Lipinski definition) is 3. The molecule has 5 nitrogen and oxygen atoms in total. The largest absolute Gasteiger partial charge is 0.395 e. The van der Waals surface area contributed by atoms with E-state index in [2.05, 4.69) is 4.72 Å². The normalized spacial score (nSPS) is 12.8. The molecule has 0 amide bonds. The molecular weight excluding hydrogens is 192 g/mol. The van der Waals surface area contributed by atoms with Crippen molar-refractivity contribution in [2.75, 3.05) is 19.7 Å². The van der Waals surface area contributed by atoms with Crippen LogP contribution in [-0.4, -0.2) is 43.6 Å². The van der Waals surface area contributed by atoms with Gasteiger partial charge in [-0.2, -0.15) is 17.4 Å². The molecule has 0 atom stereocenters. The second kappa shape index (κ2) is 5.54. The standard InChI is InChI=1S/C7H18N2O3S/c1-4-9(5-6-10)13(11,12)8-7(2)3/h7-8,10H,4-6H2,1-3H3. The summed E-state index contributed by atoms with van der Waals surface area (Å²) < 4.78 is 26.6. The Bertz CT molecular complexity index is 226. The SMILES string of the molecule is CCN(CCO)S(=O)(=O)NC(C)C. The van der Waals surface area contributed by atoms with Gasteiger partial charge in [-0.25, -0.2) is 0 Å². The minimum Gasteiger partial charge on any atom is -0.395 e. The zero-order valence-electron chi connectivity index (χ0n) is 8.32. The van der Waals surface area contributed by atoms with Crippen LogP contribution in [0.15, 0.2) is 0 Å². The molecule has 13 heavy (non-hydrogen) atoms. The average Bonchev–Trinajstić information content (AvgIpc) is 1.97. The van der Waals surface area contributed by atoms with Gasteiger partial charge < -0.3 is 5.11 Å². The number of hydrogen-bond donors (Lipinski definition) is 2. The van der Waals surface area contributed by atoms with Crippen molar-refractivity contribution in [2.45, 2.75) is 26.8 Å². The fourth-order valence-corrected chi connectivity index (χ4v) is 2.34. The molecule has 0 rings (SSSR count). The van der Waals surface area contributed by atoms with Crippen molar-refractivity contribution < 1.29 is 13.5 Å². The molecule has 0 unspecified atom stereocenters. The van der Waals surface area contributed by atoms with Gasteiger partial charge in [-0.15, -0.1) is 0 Å². The molecule has 0 aromatic rings. The van der Waals surface area contributed by atoms with Crippen molar-refractivity contribution >= 4 is 10.2 Å². The van der Waals surface area contributed by atoms with E-state index in [9.17, 15) is 8.42 Å². The van der Waals surface area contributed by atoms with Gasteiger partial charge in [0, 0.05) is 19.1 Å². The number of aliphatic hydroxyl groups excluding tert-OH is 1. The smallest absolute Gasteiger partial charge is 0.279 e. The minimum absolute atomic E-state index is 0.127. The topological polar surface area (TPSA) is 69.6 Å². The summed E-state index contributed by atoms with van der Waals surface area (Å²) in [6.07, 6.45) is 0. The fraction of sp³-hybridized carbons (Fsp3) is 1.00. The van der Waals surface area contributed by atoms with E-state index >= 15 is 0 Å².